The number of aryl methyl sites for hydroxylation is 2. The Morgan fingerprint density at radius 2 is 2.10 bits per heavy atom. The van der Waals surface area contributed by atoms with E-state index < -0.39 is 0 Å². The van der Waals surface area contributed by atoms with Crippen LogP contribution in [-0.2, 0) is 9.59 Å². The molecule has 3 rings (SSSR count). The van der Waals surface area contributed by atoms with Gasteiger partial charge in [0, 0.05) is 30.5 Å². The SMILES string of the molecule is Cc1noc(C)c1C(C)C(=O)N1CCC(=O)CC12CCC2. The van der Waals surface area contributed by atoms with Crippen LogP contribution < -0.4 is 0 Å². The van der Waals surface area contributed by atoms with Gasteiger partial charge in [-0.25, -0.2) is 0 Å². The molecule has 1 unspecified atom stereocenters. The molecule has 1 spiro atoms. The molecule has 2 aliphatic rings. The van der Waals surface area contributed by atoms with Gasteiger partial charge in [0.2, 0.25) is 5.91 Å². The second-order valence-corrected chi connectivity index (χ2v) is 6.49. The number of hydrogen-bond donors (Lipinski definition) is 0. The first-order valence-corrected chi connectivity index (χ1v) is 7.70. The minimum atomic E-state index is -0.262. The van der Waals surface area contributed by atoms with Crippen LogP contribution in [0.1, 0.15) is 62.0 Å². The largest absolute Gasteiger partial charge is 0.361 e. The standard InChI is InChI=1S/C16H22N2O3/c1-10(14-11(2)17-21-12(14)3)15(20)18-8-5-13(19)9-16(18)6-4-7-16/h10H,4-9H2,1-3H3. The Kier molecular flexibility index (Phi) is 3.38. The maximum atomic E-state index is 13.0. The average Bonchev–Trinajstić information content (AvgIpc) is 2.74. The van der Waals surface area contributed by atoms with E-state index in [0.717, 1.165) is 30.5 Å². The van der Waals surface area contributed by atoms with Crippen LogP contribution in [0.2, 0.25) is 0 Å². The molecule has 0 radical (unpaired) electrons. The Bertz CT molecular complexity index is 567. The lowest BCUT2D eigenvalue weighted by Crippen LogP contribution is -2.61. The normalized spacial score (nSPS) is 22.2. The van der Waals surface area contributed by atoms with Crippen LogP contribution in [-0.4, -0.2) is 33.8 Å². The molecule has 5 heteroatoms. The molecule has 1 aliphatic heterocycles. The molecule has 2 fully saturated rings. The molecular formula is C16H22N2O3. The van der Waals surface area contributed by atoms with E-state index in [1.54, 1.807) is 0 Å². The minimum Gasteiger partial charge on any atom is -0.361 e. The van der Waals surface area contributed by atoms with Gasteiger partial charge >= 0.3 is 0 Å². The van der Waals surface area contributed by atoms with Gasteiger partial charge in [-0.1, -0.05) is 5.16 Å². The molecule has 0 N–H and O–H groups in total. The Morgan fingerprint density at radius 3 is 2.62 bits per heavy atom. The molecule has 1 aromatic rings. The van der Waals surface area contributed by atoms with Gasteiger partial charge in [-0.15, -0.1) is 0 Å². The summed E-state index contributed by atoms with van der Waals surface area (Å²) in [6, 6.07) is 0. The van der Waals surface area contributed by atoms with Gasteiger partial charge < -0.3 is 9.42 Å². The second-order valence-electron chi connectivity index (χ2n) is 6.49. The number of nitrogens with zero attached hydrogens (tertiary/aromatic N) is 2. The first-order valence-electron chi connectivity index (χ1n) is 7.70. The highest BCUT2D eigenvalue weighted by atomic mass is 16.5. The summed E-state index contributed by atoms with van der Waals surface area (Å²) in [6.07, 6.45) is 4.04. The van der Waals surface area contributed by atoms with Crippen LogP contribution in [0.4, 0.5) is 0 Å². The van der Waals surface area contributed by atoms with Crippen LogP contribution in [0.5, 0.6) is 0 Å². The predicted octanol–water partition coefficient (Wildman–Crippen LogP) is 2.51. The molecule has 0 bridgehead atoms. The van der Waals surface area contributed by atoms with E-state index in [0.29, 0.717) is 30.9 Å². The maximum absolute atomic E-state index is 13.0. The van der Waals surface area contributed by atoms with Crippen LogP contribution in [0.25, 0.3) is 0 Å². The number of carbonyl (C=O) groups is 2. The number of likely N-dealkylation sites (tertiary alicyclic amines) is 1. The lowest BCUT2D eigenvalue weighted by Gasteiger charge is -2.53. The van der Waals surface area contributed by atoms with Crippen LogP contribution in [0, 0.1) is 13.8 Å². The number of ketones is 1. The zero-order valence-electron chi connectivity index (χ0n) is 12.9. The smallest absolute Gasteiger partial charge is 0.230 e. The third kappa shape index (κ3) is 2.19. The van der Waals surface area contributed by atoms with Gasteiger partial charge in [0.25, 0.3) is 0 Å². The molecule has 0 aromatic carbocycles. The summed E-state index contributed by atoms with van der Waals surface area (Å²) in [4.78, 5) is 26.7. The van der Waals surface area contributed by atoms with E-state index >= 15 is 0 Å². The summed E-state index contributed by atoms with van der Waals surface area (Å²) in [5.74, 6) is 0.853. The topological polar surface area (TPSA) is 63.4 Å². The van der Waals surface area contributed by atoms with E-state index in [4.69, 9.17) is 4.52 Å². The van der Waals surface area contributed by atoms with Crippen molar-refractivity contribution < 1.29 is 14.1 Å². The first kappa shape index (κ1) is 14.3. The highest BCUT2D eigenvalue weighted by molar-refractivity contribution is 5.88. The summed E-state index contributed by atoms with van der Waals surface area (Å²) in [7, 11) is 0. The highest BCUT2D eigenvalue weighted by Crippen LogP contribution is 2.44. The minimum absolute atomic E-state index is 0.108. The van der Waals surface area contributed by atoms with Crippen molar-refractivity contribution >= 4 is 11.7 Å². The van der Waals surface area contributed by atoms with E-state index in [1.165, 1.54) is 0 Å². The molecule has 1 aromatic heterocycles. The van der Waals surface area contributed by atoms with Crippen molar-refractivity contribution in [3.05, 3.63) is 17.0 Å². The number of rotatable bonds is 2. The van der Waals surface area contributed by atoms with Crippen molar-refractivity contribution in [1.29, 1.82) is 0 Å². The predicted molar refractivity (Wildman–Crippen MR) is 76.9 cm³/mol. The fourth-order valence-corrected chi connectivity index (χ4v) is 3.87. The van der Waals surface area contributed by atoms with Gasteiger partial charge in [-0.05, 0) is 40.0 Å². The summed E-state index contributed by atoms with van der Waals surface area (Å²) < 4.78 is 5.19. The van der Waals surface area contributed by atoms with Crippen molar-refractivity contribution in [3.63, 3.8) is 0 Å². The molecule has 2 heterocycles. The first-order chi connectivity index (χ1) is 9.94. The lowest BCUT2D eigenvalue weighted by atomic mass is 9.69. The third-order valence-corrected chi connectivity index (χ3v) is 5.16. The summed E-state index contributed by atoms with van der Waals surface area (Å²) in [5.41, 5.74) is 1.48. The summed E-state index contributed by atoms with van der Waals surface area (Å²) >= 11 is 0. The van der Waals surface area contributed by atoms with E-state index in [2.05, 4.69) is 5.16 Å². The third-order valence-electron chi connectivity index (χ3n) is 5.16. The van der Waals surface area contributed by atoms with Gasteiger partial charge in [0.1, 0.15) is 11.5 Å². The fourth-order valence-electron chi connectivity index (χ4n) is 3.87. The Hall–Kier alpha value is -1.65. The molecular weight excluding hydrogens is 268 g/mol. The lowest BCUT2D eigenvalue weighted by molar-refractivity contribution is -0.150. The quantitative estimate of drug-likeness (QED) is 0.839. The molecule has 1 atom stereocenters. The van der Waals surface area contributed by atoms with Crippen molar-refractivity contribution in [2.75, 3.05) is 6.54 Å². The Balaban J connectivity index is 1.86. The van der Waals surface area contributed by atoms with Crippen molar-refractivity contribution in [2.45, 2.75) is 64.3 Å². The number of piperidine rings is 1. The zero-order chi connectivity index (χ0) is 15.2. The summed E-state index contributed by atoms with van der Waals surface area (Å²) in [5, 5.41) is 3.95. The van der Waals surface area contributed by atoms with Crippen molar-refractivity contribution in [2.24, 2.45) is 0 Å². The average molecular weight is 290 g/mol. The maximum Gasteiger partial charge on any atom is 0.230 e. The van der Waals surface area contributed by atoms with Gasteiger partial charge in [-0.2, -0.15) is 0 Å². The molecule has 1 aliphatic carbocycles. The van der Waals surface area contributed by atoms with Crippen LogP contribution in [0.3, 0.4) is 0 Å². The van der Waals surface area contributed by atoms with Crippen LogP contribution >= 0.6 is 0 Å². The van der Waals surface area contributed by atoms with Gasteiger partial charge in [-0.3, -0.25) is 9.59 Å². The highest BCUT2D eigenvalue weighted by Gasteiger charge is 2.49. The fraction of sp³-hybridized carbons (Fsp3) is 0.688. The molecule has 1 amide bonds. The zero-order valence-corrected chi connectivity index (χ0v) is 12.9. The molecule has 21 heavy (non-hydrogen) atoms. The molecule has 1 saturated carbocycles. The molecule has 1 saturated heterocycles. The monoisotopic (exact) mass is 290 g/mol. The van der Waals surface area contributed by atoms with Crippen LogP contribution in [0.15, 0.2) is 4.52 Å². The number of carbonyl (C=O) groups excluding carboxylic acids is 2. The van der Waals surface area contributed by atoms with Gasteiger partial charge in [0.05, 0.1) is 11.6 Å². The number of hydrogen-bond acceptors (Lipinski definition) is 4. The van der Waals surface area contributed by atoms with E-state index in [-0.39, 0.29) is 17.4 Å². The molecule has 5 nitrogen and oxygen atoms in total. The molecule has 114 valence electrons. The van der Waals surface area contributed by atoms with Crippen molar-refractivity contribution in [1.82, 2.24) is 10.1 Å². The van der Waals surface area contributed by atoms with Gasteiger partial charge in [0.15, 0.2) is 0 Å². The number of aromatic nitrogens is 1. The number of Topliss-reactive ketones (excluding diaryl/α,β-unsaturated/α-hetero) is 1. The number of amides is 1. The van der Waals surface area contributed by atoms with Crippen molar-refractivity contribution in [3.8, 4) is 0 Å². The Labute approximate surface area is 124 Å². The Morgan fingerprint density at radius 1 is 1.38 bits per heavy atom. The van der Waals surface area contributed by atoms with E-state index in [1.807, 2.05) is 25.7 Å². The second kappa shape index (κ2) is 4.97. The summed E-state index contributed by atoms with van der Waals surface area (Å²) in [6.45, 7) is 6.19. The van der Waals surface area contributed by atoms with E-state index in [9.17, 15) is 9.59 Å².